The highest BCUT2D eigenvalue weighted by atomic mass is 19.1. The quantitative estimate of drug-likeness (QED) is 0.871. The van der Waals surface area contributed by atoms with Gasteiger partial charge in [0.05, 0.1) is 0 Å². The molecule has 0 aliphatic heterocycles. The fourth-order valence-electron chi connectivity index (χ4n) is 2.20. The second kappa shape index (κ2) is 4.70. The van der Waals surface area contributed by atoms with Crippen LogP contribution in [-0.2, 0) is 10.5 Å². The number of nitrogens with zero attached hydrogens (tertiary/aromatic N) is 2. The lowest BCUT2D eigenvalue weighted by atomic mass is 9.82. The monoisotopic (exact) mass is 275 g/mol. The number of aryl methyl sites for hydroxylation is 1. The predicted molar refractivity (Wildman–Crippen MR) is 70.8 cm³/mol. The number of aromatic nitrogens is 2. The summed E-state index contributed by atoms with van der Waals surface area (Å²) in [6.07, 6.45) is 2.31. The molecule has 0 saturated heterocycles. The Morgan fingerprint density at radius 3 is 2.90 bits per heavy atom. The molecule has 1 fully saturated rings. The molecule has 0 spiro atoms. The van der Waals surface area contributed by atoms with E-state index < -0.39 is 5.67 Å². The Hall–Kier alpha value is -2.24. The normalized spacial score (nSPS) is 16.5. The van der Waals surface area contributed by atoms with Crippen molar-refractivity contribution in [3.05, 3.63) is 29.7 Å². The van der Waals surface area contributed by atoms with Crippen LogP contribution in [0.4, 0.5) is 10.1 Å². The first-order valence-electron chi connectivity index (χ1n) is 6.47. The van der Waals surface area contributed by atoms with Crippen LogP contribution in [0.25, 0.3) is 11.4 Å². The largest absolute Gasteiger partial charge is 0.335 e. The van der Waals surface area contributed by atoms with Gasteiger partial charge in [-0.05, 0) is 37.8 Å². The van der Waals surface area contributed by atoms with Crippen molar-refractivity contribution in [3.63, 3.8) is 0 Å². The van der Waals surface area contributed by atoms with Crippen LogP contribution in [-0.4, -0.2) is 16.6 Å². The maximum absolute atomic E-state index is 14.2. The zero-order valence-corrected chi connectivity index (χ0v) is 11.0. The SMILES string of the molecule is Cc1ccc(-c2noc(C3(F)CCC3)n2)cc1NC=O. The summed E-state index contributed by atoms with van der Waals surface area (Å²) in [5.74, 6) is 0.377. The third-order valence-corrected chi connectivity index (χ3v) is 3.67. The summed E-state index contributed by atoms with van der Waals surface area (Å²) in [6, 6.07) is 5.39. The van der Waals surface area contributed by atoms with E-state index in [1.165, 1.54) is 0 Å². The average Bonchev–Trinajstić information content (AvgIpc) is 2.89. The topological polar surface area (TPSA) is 68.0 Å². The van der Waals surface area contributed by atoms with Gasteiger partial charge in [-0.15, -0.1) is 0 Å². The minimum absolute atomic E-state index is 0.0456. The van der Waals surface area contributed by atoms with E-state index in [1.54, 1.807) is 6.07 Å². The smallest absolute Gasteiger partial charge is 0.264 e. The summed E-state index contributed by atoms with van der Waals surface area (Å²) in [7, 11) is 0. The standard InChI is InChI=1S/C14H14FN3O2/c1-9-3-4-10(7-11(9)16-8-19)12-17-13(20-18-12)14(15)5-2-6-14/h3-4,7-8H,2,5-6H2,1H3,(H,16,19). The Bertz CT molecular complexity index is 650. The van der Waals surface area contributed by atoms with Gasteiger partial charge in [-0.2, -0.15) is 4.98 Å². The van der Waals surface area contributed by atoms with E-state index in [0.717, 1.165) is 12.0 Å². The van der Waals surface area contributed by atoms with Gasteiger partial charge in [0.1, 0.15) is 0 Å². The van der Waals surface area contributed by atoms with Crippen molar-refractivity contribution in [2.45, 2.75) is 31.9 Å². The third-order valence-electron chi connectivity index (χ3n) is 3.67. The predicted octanol–water partition coefficient (Wildman–Crippen LogP) is 2.96. The summed E-state index contributed by atoms with van der Waals surface area (Å²) in [6.45, 7) is 1.88. The van der Waals surface area contributed by atoms with E-state index in [9.17, 15) is 9.18 Å². The highest BCUT2D eigenvalue weighted by molar-refractivity contribution is 5.76. The van der Waals surface area contributed by atoms with Gasteiger partial charge in [-0.3, -0.25) is 4.79 Å². The van der Waals surface area contributed by atoms with E-state index in [2.05, 4.69) is 15.5 Å². The van der Waals surface area contributed by atoms with Crippen LogP contribution in [0, 0.1) is 6.92 Å². The van der Waals surface area contributed by atoms with Gasteiger partial charge in [-0.1, -0.05) is 17.3 Å². The van der Waals surface area contributed by atoms with Crippen LogP contribution < -0.4 is 5.32 Å². The molecule has 1 saturated carbocycles. The summed E-state index contributed by atoms with van der Waals surface area (Å²) in [5, 5.41) is 6.43. The molecule has 1 heterocycles. The molecule has 5 nitrogen and oxygen atoms in total. The number of nitrogens with one attached hydrogen (secondary N) is 1. The lowest BCUT2D eigenvalue weighted by Crippen LogP contribution is -2.29. The molecule has 0 radical (unpaired) electrons. The zero-order chi connectivity index (χ0) is 14.2. The number of rotatable bonds is 4. The Kier molecular flexibility index (Phi) is 3.00. The molecule has 1 aromatic heterocycles. The summed E-state index contributed by atoms with van der Waals surface area (Å²) >= 11 is 0. The van der Waals surface area contributed by atoms with E-state index in [1.807, 2.05) is 19.1 Å². The molecular formula is C14H14FN3O2. The number of hydrogen-bond donors (Lipinski definition) is 1. The van der Waals surface area contributed by atoms with Crippen molar-refractivity contribution in [2.75, 3.05) is 5.32 Å². The lowest BCUT2D eigenvalue weighted by Gasteiger charge is -2.29. The number of benzene rings is 1. The molecule has 1 amide bonds. The van der Waals surface area contributed by atoms with Gasteiger partial charge in [0.2, 0.25) is 12.2 Å². The molecule has 0 bridgehead atoms. The second-order valence-electron chi connectivity index (χ2n) is 5.03. The molecule has 2 aromatic rings. The fourth-order valence-corrected chi connectivity index (χ4v) is 2.20. The average molecular weight is 275 g/mol. The maximum Gasteiger partial charge on any atom is 0.264 e. The third kappa shape index (κ3) is 2.07. The Morgan fingerprint density at radius 2 is 2.25 bits per heavy atom. The maximum atomic E-state index is 14.2. The minimum Gasteiger partial charge on any atom is -0.335 e. The number of carbonyl (C=O) groups is 1. The van der Waals surface area contributed by atoms with E-state index in [0.29, 0.717) is 36.3 Å². The summed E-state index contributed by atoms with van der Waals surface area (Å²) in [5.41, 5.74) is 0.811. The van der Waals surface area contributed by atoms with Gasteiger partial charge in [-0.25, -0.2) is 4.39 Å². The van der Waals surface area contributed by atoms with Gasteiger partial charge in [0.25, 0.3) is 5.89 Å². The van der Waals surface area contributed by atoms with Crippen LogP contribution in [0.5, 0.6) is 0 Å². The van der Waals surface area contributed by atoms with Crippen LogP contribution in [0.3, 0.4) is 0 Å². The number of alkyl halides is 1. The van der Waals surface area contributed by atoms with E-state index in [4.69, 9.17) is 4.52 Å². The molecule has 20 heavy (non-hydrogen) atoms. The molecule has 1 aliphatic carbocycles. The molecule has 3 rings (SSSR count). The van der Waals surface area contributed by atoms with Crippen molar-refractivity contribution in [2.24, 2.45) is 0 Å². The Morgan fingerprint density at radius 1 is 1.45 bits per heavy atom. The number of carbonyl (C=O) groups excluding carboxylic acids is 1. The first kappa shape index (κ1) is 12.8. The van der Waals surface area contributed by atoms with Crippen molar-refractivity contribution in [1.29, 1.82) is 0 Å². The van der Waals surface area contributed by atoms with Crippen LogP contribution in [0.15, 0.2) is 22.7 Å². The molecule has 0 atom stereocenters. The van der Waals surface area contributed by atoms with Crippen molar-refractivity contribution in [1.82, 2.24) is 10.1 Å². The van der Waals surface area contributed by atoms with E-state index >= 15 is 0 Å². The van der Waals surface area contributed by atoms with Crippen molar-refractivity contribution < 1.29 is 13.7 Å². The molecule has 1 aromatic carbocycles. The van der Waals surface area contributed by atoms with Gasteiger partial charge >= 0.3 is 0 Å². The van der Waals surface area contributed by atoms with Crippen LogP contribution in [0.1, 0.15) is 30.7 Å². The molecule has 1 aliphatic rings. The summed E-state index contributed by atoms with van der Waals surface area (Å²) in [4.78, 5) is 14.7. The number of amides is 1. The number of halogens is 1. The Labute approximate surface area is 115 Å². The van der Waals surface area contributed by atoms with Gasteiger partial charge in [0.15, 0.2) is 5.67 Å². The lowest BCUT2D eigenvalue weighted by molar-refractivity contribution is -0.105. The molecule has 0 unspecified atom stereocenters. The molecule has 6 heteroatoms. The van der Waals surface area contributed by atoms with Crippen molar-refractivity contribution in [3.8, 4) is 11.4 Å². The summed E-state index contributed by atoms with van der Waals surface area (Å²) < 4.78 is 19.2. The van der Waals surface area contributed by atoms with E-state index in [-0.39, 0.29) is 5.89 Å². The molecular weight excluding hydrogens is 261 g/mol. The highest BCUT2D eigenvalue weighted by Crippen LogP contribution is 2.44. The Balaban J connectivity index is 1.93. The number of anilines is 1. The molecule has 1 N–H and O–H groups in total. The van der Waals surface area contributed by atoms with Crippen LogP contribution in [0.2, 0.25) is 0 Å². The molecule has 104 valence electrons. The van der Waals surface area contributed by atoms with Gasteiger partial charge < -0.3 is 9.84 Å². The second-order valence-corrected chi connectivity index (χ2v) is 5.03. The van der Waals surface area contributed by atoms with Crippen LogP contribution >= 0.6 is 0 Å². The number of hydrogen-bond acceptors (Lipinski definition) is 4. The first-order chi connectivity index (χ1) is 9.62. The van der Waals surface area contributed by atoms with Gasteiger partial charge in [0, 0.05) is 11.3 Å². The minimum atomic E-state index is -1.46. The first-order valence-corrected chi connectivity index (χ1v) is 6.47. The zero-order valence-electron chi connectivity index (χ0n) is 11.0. The highest BCUT2D eigenvalue weighted by Gasteiger charge is 2.44. The fraction of sp³-hybridized carbons (Fsp3) is 0.357. The van der Waals surface area contributed by atoms with Crippen molar-refractivity contribution >= 4 is 12.1 Å².